The van der Waals surface area contributed by atoms with Crippen molar-refractivity contribution in [2.45, 2.75) is 51.6 Å². The minimum absolute atomic E-state index is 0.0790. The molecule has 1 fully saturated rings. The van der Waals surface area contributed by atoms with E-state index in [1.54, 1.807) is 0 Å². The van der Waals surface area contributed by atoms with Crippen LogP contribution in [0.4, 0.5) is 0 Å². The third-order valence-electron chi connectivity index (χ3n) is 3.14. The van der Waals surface area contributed by atoms with E-state index in [-0.39, 0.29) is 30.5 Å². The Labute approximate surface area is 111 Å². The summed E-state index contributed by atoms with van der Waals surface area (Å²) >= 11 is 0. The Morgan fingerprint density at radius 1 is 1.47 bits per heavy atom. The first-order chi connectivity index (χ1) is 9.06. The summed E-state index contributed by atoms with van der Waals surface area (Å²) in [4.78, 5) is 18.7. The largest absolute Gasteiger partial charge is 0.478 e. The number of ether oxygens (including phenoxy) is 2. The van der Waals surface area contributed by atoms with Crippen molar-refractivity contribution in [2.75, 3.05) is 0 Å². The number of carboxylic acids is 1. The van der Waals surface area contributed by atoms with Crippen molar-refractivity contribution in [1.29, 1.82) is 0 Å². The van der Waals surface area contributed by atoms with E-state index in [9.17, 15) is 4.79 Å². The van der Waals surface area contributed by atoms with Gasteiger partial charge in [0, 0.05) is 6.20 Å². The quantitative estimate of drug-likeness (QED) is 0.892. The fraction of sp³-hybridized carbons (Fsp3) is 0.615. The number of nitrogens with zero attached hydrogens (tertiary/aromatic N) is 2. The van der Waals surface area contributed by atoms with E-state index >= 15 is 0 Å². The SMILES string of the molecule is CC1CC(OCc2ncncc2C(=O)O)CC(C)O1. The maximum Gasteiger partial charge on any atom is 0.339 e. The third kappa shape index (κ3) is 3.71. The summed E-state index contributed by atoms with van der Waals surface area (Å²) < 4.78 is 11.4. The molecule has 1 aliphatic heterocycles. The molecule has 1 saturated heterocycles. The molecule has 0 bridgehead atoms. The highest BCUT2D eigenvalue weighted by Gasteiger charge is 2.25. The van der Waals surface area contributed by atoms with Gasteiger partial charge < -0.3 is 14.6 Å². The molecule has 6 heteroatoms. The second kappa shape index (κ2) is 6.08. The van der Waals surface area contributed by atoms with Gasteiger partial charge in [-0.25, -0.2) is 14.8 Å². The standard InChI is InChI=1S/C13H18N2O4/c1-8-3-10(4-9(2)19-8)18-6-12-11(13(16)17)5-14-7-15-12/h5,7-10H,3-4,6H2,1-2H3,(H,16,17). The van der Waals surface area contributed by atoms with Crippen molar-refractivity contribution in [3.8, 4) is 0 Å². The number of aromatic nitrogens is 2. The van der Waals surface area contributed by atoms with Crippen molar-refractivity contribution in [3.63, 3.8) is 0 Å². The van der Waals surface area contributed by atoms with Crippen molar-refractivity contribution < 1.29 is 19.4 Å². The monoisotopic (exact) mass is 266 g/mol. The van der Waals surface area contributed by atoms with Gasteiger partial charge in [-0.05, 0) is 26.7 Å². The van der Waals surface area contributed by atoms with Crippen LogP contribution in [-0.4, -0.2) is 39.4 Å². The van der Waals surface area contributed by atoms with Crippen LogP contribution in [0.5, 0.6) is 0 Å². The van der Waals surface area contributed by atoms with Crippen LogP contribution in [0.3, 0.4) is 0 Å². The molecule has 0 spiro atoms. The topological polar surface area (TPSA) is 81.5 Å². The molecule has 1 N–H and O–H groups in total. The lowest BCUT2D eigenvalue weighted by atomic mass is 10.0. The number of carboxylic acid groups (broad SMARTS) is 1. The van der Waals surface area contributed by atoms with Crippen LogP contribution >= 0.6 is 0 Å². The smallest absolute Gasteiger partial charge is 0.339 e. The Kier molecular flexibility index (Phi) is 4.44. The van der Waals surface area contributed by atoms with Gasteiger partial charge in [-0.15, -0.1) is 0 Å². The van der Waals surface area contributed by atoms with Gasteiger partial charge >= 0.3 is 5.97 Å². The fourth-order valence-electron chi connectivity index (χ4n) is 2.33. The van der Waals surface area contributed by atoms with Crippen molar-refractivity contribution in [1.82, 2.24) is 9.97 Å². The number of rotatable bonds is 4. The highest BCUT2D eigenvalue weighted by atomic mass is 16.5. The average molecular weight is 266 g/mol. The summed E-state index contributed by atoms with van der Waals surface area (Å²) in [5.41, 5.74) is 0.505. The highest BCUT2D eigenvalue weighted by molar-refractivity contribution is 5.88. The number of hydrogen-bond acceptors (Lipinski definition) is 5. The summed E-state index contributed by atoms with van der Waals surface area (Å²) in [6.45, 7) is 4.22. The Morgan fingerprint density at radius 2 is 2.16 bits per heavy atom. The third-order valence-corrected chi connectivity index (χ3v) is 3.14. The minimum atomic E-state index is -1.03. The van der Waals surface area contributed by atoms with Crippen LogP contribution < -0.4 is 0 Å². The maximum absolute atomic E-state index is 11.0. The summed E-state index contributed by atoms with van der Waals surface area (Å²) in [5, 5.41) is 9.03. The van der Waals surface area contributed by atoms with Gasteiger partial charge in [0.25, 0.3) is 0 Å². The predicted molar refractivity (Wildman–Crippen MR) is 66.8 cm³/mol. The molecule has 1 aromatic heterocycles. The molecule has 19 heavy (non-hydrogen) atoms. The number of aromatic carboxylic acids is 1. The first kappa shape index (κ1) is 13.9. The van der Waals surface area contributed by atoms with E-state index in [1.165, 1.54) is 12.5 Å². The molecule has 0 aromatic carbocycles. The molecular formula is C13H18N2O4. The van der Waals surface area contributed by atoms with E-state index in [0.717, 1.165) is 12.8 Å². The molecule has 2 atom stereocenters. The molecule has 0 saturated carbocycles. The van der Waals surface area contributed by atoms with Gasteiger partial charge in [-0.1, -0.05) is 0 Å². The molecule has 2 unspecified atom stereocenters. The van der Waals surface area contributed by atoms with Crippen molar-refractivity contribution in [2.24, 2.45) is 0 Å². The first-order valence-corrected chi connectivity index (χ1v) is 6.35. The van der Waals surface area contributed by atoms with Crippen LogP contribution in [0, 0.1) is 0 Å². The van der Waals surface area contributed by atoms with Gasteiger partial charge in [0.1, 0.15) is 11.9 Å². The second-order valence-corrected chi connectivity index (χ2v) is 4.85. The normalized spacial score (nSPS) is 27.2. The van der Waals surface area contributed by atoms with E-state index in [4.69, 9.17) is 14.6 Å². The minimum Gasteiger partial charge on any atom is -0.478 e. The Morgan fingerprint density at radius 3 is 2.79 bits per heavy atom. The maximum atomic E-state index is 11.0. The van der Waals surface area contributed by atoms with Gasteiger partial charge in [-0.2, -0.15) is 0 Å². The Hall–Kier alpha value is -1.53. The zero-order chi connectivity index (χ0) is 13.8. The summed E-state index contributed by atoms with van der Waals surface area (Å²) in [6.07, 6.45) is 4.67. The lowest BCUT2D eigenvalue weighted by Gasteiger charge is -2.31. The molecule has 2 rings (SSSR count). The van der Waals surface area contributed by atoms with Crippen LogP contribution in [-0.2, 0) is 16.1 Å². The van der Waals surface area contributed by atoms with Crippen molar-refractivity contribution in [3.05, 3.63) is 23.8 Å². The van der Waals surface area contributed by atoms with Crippen LogP contribution in [0.2, 0.25) is 0 Å². The molecular weight excluding hydrogens is 248 g/mol. The average Bonchev–Trinajstić information content (AvgIpc) is 2.35. The van der Waals surface area contributed by atoms with Crippen molar-refractivity contribution >= 4 is 5.97 Å². The molecule has 2 heterocycles. The summed E-state index contributed by atoms with van der Waals surface area (Å²) in [5.74, 6) is -1.03. The lowest BCUT2D eigenvalue weighted by molar-refractivity contribution is -0.106. The van der Waals surface area contributed by atoms with Crippen LogP contribution in [0.15, 0.2) is 12.5 Å². The van der Waals surface area contributed by atoms with E-state index in [2.05, 4.69) is 9.97 Å². The zero-order valence-corrected chi connectivity index (χ0v) is 11.1. The first-order valence-electron chi connectivity index (χ1n) is 6.35. The van der Waals surface area contributed by atoms with Gasteiger partial charge in [-0.3, -0.25) is 0 Å². The highest BCUT2D eigenvalue weighted by Crippen LogP contribution is 2.22. The van der Waals surface area contributed by atoms with Gasteiger partial charge in [0.15, 0.2) is 0 Å². The number of carbonyl (C=O) groups is 1. The van der Waals surface area contributed by atoms with Crippen LogP contribution in [0.25, 0.3) is 0 Å². The number of hydrogen-bond donors (Lipinski definition) is 1. The van der Waals surface area contributed by atoms with Gasteiger partial charge in [0.2, 0.25) is 0 Å². The lowest BCUT2D eigenvalue weighted by Crippen LogP contribution is -2.34. The molecule has 1 aliphatic rings. The molecule has 0 amide bonds. The van der Waals surface area contributed by atoms with E-state index in [0.29, 0.717) is 5.69 Å². The second-order valence-electron chi connectivity index (χ2n) is 4.85. The zero-order valence-electron chi connectivity index (χ0n) is 11.1. The predicted octanol–water partition coefficient (Wildman–Crippen LogP) is 1.65. The molecule has 104 valence electrons. The molecule has 1 aromatic rings. The fourth-order valence-corrected chi connectivity index (χ4v) is 2.33. The summed E-state index contributed by atoms with van der Waals surface area (Å²) in [7, 11) is 0. The van der Waals surface area contributed by atoms with Gasteiger partial charge in [0.05, 0.1) is 30.6 Å². The molecule has 0 aliphatic carbocycles. The van der Waals surface area contributed by atoms with Crippen LogP contribution in [0.1, 0.15) is 42.7 Å². The van der Waals surface area contributed by atoms with E-state index < -0.39 is 5.97 Å². The summed E-state index contributed by atoms with van der Waals surface area (Å²) in [6, 6.07) is 0. The Balaban J connectivity index is 1.97. The van der Waals surface area contributed by atoms with E-state index in [1.807, 2.05) is 13.8 Å². The molecule has 6 nitrogen and oxygen atoms in total. The molecule has 0 radical (unpaired) electrons. The Bertz CT molecular complexity index is 442.